The van der Waals surface area contributed by atoms with E-state index in [1.165, 1.54) is 50.6 Å². The van der Waals surface area contributed by atoms with E-state index >= 15 is 0 Å². The topological polar surface area (TPSA) is 48.9 Å². The minimum Gasteiger partial charge on any atom is -0.392 e. The molecule has 0 saturated heterocycles. The lowest BCUT2D eigenvalue weighted by Crippen LogP contribution is -2.11. The molecule has 0 aliphatic heterocycles. The van der Waals surface area contributed by atoms with Crippen LogP contribution in [0.3, 0.4) is 0 Å². The van der Waals surface area contributed by atoms with Gasteiger partial charge in [-0.25, -0.2) is 0 Å². The van der Waals surface area contributed by atoms with E-state index in [1.54, 1.807) is 0 Å². The zero-order chi connectivity index (χ0) is 11.0. The third-order valence-corrected chi connectivity index (χ3v) is 4.34. The van der Waals surface area contributed by atoms with E-state index < -0.39 is 0 Å². The molecule has 88 valence electrons. The maximum absolute atomic E-state index is 9.56. The summed E-state index contributed by atoms with van der Waals surface area (Å²) in [4.78, 5) is 0. The number of hydrogen-bond donors (Lipinski definition) is 2. The number of aliphatic hydroxyl groups is 1. The van der Waals surface area contributed by atoms with E-state index in [0.29, 0.717) is 11.8 Å². The van der Waals surface area contributed by atoms with Crippen LogP contribution in [0.15, 0.2) is 0 Å². The van der Waals surface area contributed by atoms with Crippen molar-refractivity contribution in [1.82, 2.24) is 10.2 Å². The fourth-order valence-corrected chi connectivity index (χ4v) is 3.13. The van der Waals surface area contributed by atoms with E-state index in [2.05, 4.69) is 10.2 Å². The van der Waals surface area contributed by atoms with E-state index in [-0.39, 0.29) is 6.61 Å². The first kappa shape index (κ1) is 10.3. The van der Waals surface area contributed by atoms with Gasteiger partial charge in [-0.15, -0.1) is 0 Å². The summed E-state index contributed by atoms with van der Waals surface area (Å²) in [6, 6.07) is 0. The molecule has 2 aliphatic rings. The highest BCUT2D eigenvalue weighted by Crippen LogP contribution is 2.41. The van der Waals surface area contributed by atoms with E-state index in [9.17, 15) is 5.11 Å². The summed E-state index contributed by atoms with van der Waals surface area (Å²) in [6.45, 7) is 0.161. The third kappa shape index (κ3) is 1.58. The number of aromatic nitrogens is 2. The zero-order valence-electron chi connectivity index (χ0n) is 9.71. The van der Waals surface area contributed by atoms with Crippen LogP contribution < -0.4 is 0 Å². The second-order valence-electron chi connectivity index (χ2n) is 5.27. The van der Waals surface area contributed by atoms with E-state index in [0.717, 1.165) is 11.3 Å². The Morgan fingerprint density at radius 1 is 1.06 bits per heavy atom. The first-order valence-corrected chi connectivity index (χ1v) is 6.58. The predicted molar refractivity (Wildman–Crippen MR) is 62.3 cm³/mol. The number of aromatic amines is 1. The Morgan fingerprint density at radius 3 is 2.31 bits per heavy atom. The maximum atomic E-state index is 9.56. The van der Waals surface area contributed by atoms with Gasteiger partial charge in [-0.2, -0.15) is 5.10 Å². The Balaban J connectivity index is 1.89. The summed E-state index contributed by atoms with van der Waals surface area (Å²) < 4.78 is 0. The van der Waals surface area contributed by atoms with Gasteiger partial charge in [-0.1, -0.05) is 19.3 Å². The van der Waals surface area contributed by atoms with Gasteiger partial charge in [0.05, 0.1) is 12.3 Å². The summed E-state index contributed by atoms with van der Waals surface area (Å²) in [5, 5.41) is 17.2. The van der Waals surface area contributed by atoms with Crippen LogP contribution in [0.25, 0.3) is 0 Å². The molecule has 16 heavy (non-hydrogen) atoms. The number of hydrogen-bond acceptors (Lipinski definition) is 2. The van der Waals surface area contributed by atoms with Gasteiger partial charge in [0, 0.05) is 23.1 Å². The number of aliphatic hydroxyl groups excluding tert-OH is 1. The van der Waals surface area contributed by atoms with E-state index in [4.69, 9.17) is 0 Å². The molecule has 3 heteroatoms. The molecule has 2 N–H and O–H groups in total. The Labute approximate surface area is 96.3 Å². The summed E-state index contributed by atoms with van der Waals surface area (Å²) in [5.41, 5.74) is 3.52. The molecule has 2 aliphatic carbocycles. The lowest BCUT2D eigenvalue weighted by molar-refractivity contribution is 0.275. The zero-order valence-corrected chi connectivity index (χ0v) is 9.71. The normalized spacial score (nSPS) is 22.6. The van der Waals surface area contributed by atoms with Crippen molar-refractivity contribution >= 4 is 0 Å². The Kier molecular flexibility index (Phi) is 2.72. The van der Waals surface area contributed by atoms with Crippen molar-refractivity contribution in [3.05, 3.63) is 17.0 Å². The molecule has 0 radical (unpaired) electrons. The van der Waals surface area contributed by atoms with Crippen molar-refractivity contribution in [3.8, 4) is 0 Å². The minimum atomic E-state index is 0.161. The fourth-order valence-electron chi connectivity index (χ4n) is 3.13. The summed E-state index contributed by atoms with van der Waals surface area (Å²) >= 11 is 0. The minimum absolute atomic E-state index is 0.161. The lowest BCUT2D eigenvalue weighted by Gasteiger charge is -2.24. The van der Waals surface area contributed by atoms with Gasteiger partial charge in [0.2, 0.25) is 0 Å². The van der Waals surface area contributed by atoms with Crippen molar-refractivity contribution in [3.63, 3.8) is 0 Å². The van der Waals surface area contributed by atoms with Crippen LogP contribution in [0.5, 0.6) is 0 Å². The molecule has 2 fully saturated rings. The van der Waals surface area contributed by atoms with Crippen molar-refractivity contribution < 1.29 is 5.11 Å². The molecule has 1 aromatic heterocycles. The maximum Gasteiger partial charge on any atom is 0.0718 e. The largest absolute Gasteiger partial charge is 0.392 e. The van der Waals surface area contributed by atoms with Gasteiger partial charge < -0.3 is 5.11 Å². The third-order valence-electron chi connectivity index (χ3n) is 4.34. The second-order valence-corrected chi connectivity index (χ2v) is 5.27. The SMILES string of the molecule is OCc1c(C2CCC2)n[nH]c1C1CCCC1. The van der Waals surface area contributed by atoms with Crippen LogP contribution in [-0.2, 0) is 6.61 Å². The van der Waals surface area contributed by atoms with Gasteiger partial charge in [-0.3, -0.25) is 5.10 Å². The van der Waals surface area contributed by atoms with Gasteiger partial charge >= 0.3 is 0 Å². The molecule has 2 saturated carbocycles. The molecule has 3 nitrogen and oxygen atoms in total. The van der Waals surface area contributed by atoms with Crippen LogP contribution in [0.4, 0.5) is 0 Å². The number of nitrogens with one attached hydrogen (secondary N) is 1. The van der Waals surface area contributed by atoms with Crippen molar-refractivity contribution in [2.24, 2.45) is 0 Å². The quantitative estimate of drug-likeness (QED) is 0.823. The molecule has 3 rings (SSSR count). The van der Waals surface area contributed by atoms with Crippen LogP contribution in [-0.4, -0.2) is 15.3 Å². The van der Waals surface area contributed by atoms with E-state index in [1.807, 2.05) is 0 Å². The first-order chi connectivity index (χ1) is 7.90. The average molecular weight is 220 g/mol. The van der Waals surface area contributed by atoms with Crippen LogP contribution in [0.2, 0.25) is 0 Å². The van der Waals surface area contributed by atoms with Crippen LogP contribution >= 0.6 is 0 Å². The molecular formula is C13H20N2O. The summed E-state index contributed by atoms with van der Waals surface area (Å²) in [5.74, 6) is 1.25. The Hall–Kier alpha value is -0.830. The molecule has 0 aromatic carbocycles. The summed E-state index contributed by atoms with van der Waals surface area (Å²) in [7, 11) is 0. The summed E-state index contributed by atoms with van der Waals surface area (Å²) in [6.07, 6.45) is 9.00. The monoisotopic (exact) mass is 220 g/mol. The van der Waals surface area contributed by atoms with Gasteiger partial charge in [0.25, 0.3) is 0 Å². The van der Waals surface area contributed by atoms with Crippen LogP contribution in [0, 0.1) is 0 Å². The van der Waals surface area contributed by atoms with Crippen molar-refractivity contribution in [2.45, 2.75) is 63.4 Å². The highest BCUT2D eigenvalue weighted by atomic mass is 16.3. The molecule has 0 spiro atoms. The predicted octanol–water partition coefficient (Wildman–Crippen LogP) is 2.83. The highest BCUT2D eigenvalue weighted by Gasteiger charge is 2.29. The van der Waals surface area contributed by atoms with Crippen LogP contribution in [0.1, 0.15) is 73.7 Å². The average Bonchev–Trinajstić information content (AvgIpc) is 2.81. The highest BCUT2D eigenvalue weighted by molar-refractivity contribution is 5.31. The fraction of sp³-hybridized carbons (Fsp3) is 0.769. The molecule has 0 bridgehead atoms. The number of rotatable bonds is 3. The lowest BCUT2D eigenvalue weighted by atomic mass is 9.81. The molecule has 0 atom stereocenters. The molecule has 1 aromatic rings. The van der Waals surface area contributed by atoms with Gasteiger partial charge in [-0.05, 0) is 25.7 Å². The Bertz CT molecular complexity index is 362. The van der Waals surface area contributed by atoms with Gasteiger partial charge in [0.1, 0.15) is 0 Å². The first-order valence-electron chi connectivity index (χ1n) is 6.58. The van der Waals surface area contributed by atoms with Gasteiger partial charge in [0.15, 0.2) is 0 Å². The molecule has 0 amide bonds. The number of nitrogens with zero attached hydrogens (tertiary/aromatic N) is 1. The smallest absolute Gasteiger partial charge is 0.0718 e. The molecule has 0 unspecified atom stereocenters. The second kappa shape index (κ2) is 4.21. The molecular weight excluding hydrogens is 200 g/mol. The Morgan fingerprint density at radius 2 is 1.75 bits per heavy atom. The number of H-pyrrole nitrogens is 1. The van der Waals surface area contributed by atoms with Crippen molar-refractivity contribution in [2.75, 3.05) is 0 Å². The van der Waals surface area contributed by atoms with Crippen molar-refractivity contribution in [1.29, 1.82) is 0 Å². The standard InChI is InChI=1S/C13H20N2O/c16-8-11-12(9-4-1-2-5-9)14-15-13(11)10-6-3-7-10/h9-10,16H,1-8H2,(H,14,15). The molecule has 1 heterocycles.